The van der Waals surface area contributed by atoms with Gasteiger partial charge in [0.15, 0.2) is 0 Å². The summed E-state index contributed by atoms with van der Waals surface area (Å²) in [6.07, 6.45) is 17.2. The quantitative estimate of drug-likeness (QED) is 0.229. The van der Waals surface area contributed by atoms with Crippen LogP contribution in [-0.4, -0.2) is 35.2 Å². The number of ether oxygens (including phenoxy) is 1. The highest BCUT2D eigenvalue weighted by atomic mass is 16.5. The molecule has 0 aliphatic heterocycles. The molecule has 1 heterocycles. The molecule has 2 amide bonds. The molecule has 7 heteroatoms. The van der Waals surface area contributed by atoms with Crippen molar-refractivity contribution in [3.63, 3.8) is 0 Å². The third-order valence-electron chi connectivity index (χ3n) is 11.5. The number of carbonyl (C=O) groups excluding carboxylic acids is 2. The lowest BCUT2D eigenvalue weighted by Gasteiger charge is -2.35. The fourth-order valence-electron chi connectivity index (χ4n) is 8.32. The number of hydrogen-bond acceptors (Lipinski definition) is 4. The maximum absolute atomic E-state index is 14.5. The van der Waals surface area contributed by atoms with Crippen molar-refractivity contribution in [1.82, 2.24) is 9.78 Å². The molecule has 0 unspecified atom stereocenters. The molecule has 0 spiro atoms. The van der Waals surface area contributed by atoms with Crippen molar-refractivity contribution in [2.75, 3.05) is 18.6 Å². The van der Waals surface area contributed by atoms with Gasteiger partial charge >= 0.3 is 5.91 Å². The minimum absolute atomic E-state index is 0.0136. The topological polar surface area (TPSA) is 68.8 Å². The largest absolute Gasteiger partial charge is 0.517 e. The lowest BCUT2D eigenvalue weighted by atomic mass is 9.77. The highest BCUT2D eigenvalue weighted by molar-refractivity contribution is 5.96. The van der Waals surface area contributed by atoms with E-state index in [0.717, 1.165) is 106 Å². The first-order chi connectivity index (χ1) is 23.8. The maximum atomic E-state index is 14.5. The third-order valence-corrected chi connectivity index (χ3v) is 11.5. The zero-order chi connectivity index (χ0) is 34.3. The maximum Gasteiger partial charge on any atom is 0.517 e. The molecule has 3 aromatic rings. The average molecular weight is 664 g/mol. The molecule has 3 aliphatic carbocycles. The fourth-order valence-corrected chi connectivity index (χ4v) is 8.32. The third kappa shape index (κ3) is 8.63. The Bertz CT molecular complexity index is 1640. The molecule has 49 heavy (non-hydrogen) atoms. The highest BCUT2D eigenvalue weighted by Gasteiger charge is 2.35. The van der Waals surface area contributed by atoms with Crippen LogP contribution in [0.25, 0.3) is 16.0 Å². The van der Waals surface area contributed by atoms with Crippen molar-refractivity contribution >= 4 is 17.5 Å². The van der Waals surface area contributed by atoms with Crippen LogP contribution in [0.5, 0.6) is 5.75 Å². The van der Waals surface area contributed by atoms with Crippen LogP contribution in [0.1, 0.15) is 120 Å². The van der Waals surface area contributed by atoms with E-state index in [1.165, 1.54) is 17.5 Å². The zero-order valence-corrected chi connectivity index (χ0v) is 30.1. The first kappa shape index (κ1) is 34.9. The van der Waals surface area contributed by atoms with E-state index in [4.69, 9.17) is 4.74 Å². The number of carbonyl (C=O) groups is 2. The van der Waals surface area contributed by atoms with Crippen LogP contribution in [0.2, 0.25) is 0 Å². The van der Waals surface area contributed by atoms with E-state index in [9.17, 15) is 9.59 Å². The van der Waals surface area contributed by atoms with E-state index in [0.29, 0.717) is 11.8 Å². The molecule has 0 radical (unpaired) electrons. The summed E-state index contributed by atoms with van der Waals surface area (Å²) < 4.78 is 7.48. The molecule has 3 fully saturated rings. The van der Waals surface area contributed by atoms with Gasteiger partial charge in [0, 0.05) is 40.8 Å². The minimum Gasteiger partial charge on any atom is -0.496 e. The molecule has 260 valence electrons. The van der Waals surface area contributed by atoms with Crippen LogP contribution >= 0.6 is 0 Å². The van der Waals surface area contributed by atoms with Crippen molar-refractivity contribution in [1.29, 1.82) is 0 Å². The summed E-state index contributed by atoms with van der Waals surface area (Å²) in [7, 11) is 1.73. The van der Waals surface area contributed by atoms with E-state index in [1.54, 1.807) is 7.11 Å². The Morgan fingerprint density at radius 3 is 2.35 bits per heavy atom. The van der Waals surface area contributed by atoms with Crippen LogP contribution in [0, 0.1) is 36.7 Å². The molecular weight excluding hydrogens is 608 g/mol. The normalized spacial score (nSPS) is 23.0. The number of anilines is 1. The summed E-state index contributed by atoms with van der Waals surface area (Å²) in [5.74, 6) is 2.40. The van der Waals surface area contributed by atoms with Crippen LogP contribution in [0.15, 0.2) is 54.9 Å². The van der Waals surface area contributed by atoms with Gasteiger partial charge in [-0.25, -0.2) is 4.79 Å². The number of rotatable bonds is 9. The predicted octanol–water partition coefficient (Wildman–Crippen LogP) is 10.0. The second kappa shape index (κ2) is 16.2. The molecule has 3 aliphatic rings. The van der Waals surface area contributed by atoms with E-state index >= 15 is 0 Å². The number of benzene rings is 2. The Labute approximate surface area is 293 Å². The van der Waals surface area contributed by atoms with Gasteiger partial charge < -0.3 is 9.64 Å². The highest BCUT2D eigenvalue weighted by Crippen LogP contribution is 2.39. The summed E-state index contributed by atoms with van der Waals surface area (Å²) in [5, 5.41) is 4.57. The van der Waals surface area contributed by atoms with Gasteiger partial charge in [0.25, 0.3) is 6.07 Å². The van der Waals surface area contributed by atoms with Gasteiger partial charge in [-0.15, -0.1) is 0 Å². The Hall–Kier alpha value is -3.92. The molecule has 0 bridgehead atoms. The van der Waals surface area contributed by atoms with Crippen LogP contribution in [-0.2, 0) is 9.59 Å². The first-order valence-electron chi connectivity index (χ1n) is 18.9. The molecule has 7 nitrogen and oxygen atoms in total. The van der Waals surface area contributed by atoms with Crippen molar-refractivity contribution in [2.24, 2.45) is 23.7 Å². The van der Waals surface area contributed by atoms with E-state index in [2.05, 4.69) is 90.3 Å². The number of aryl methyl sites for hydroxylation is 1. The van der Waals surface area contributed by atoms with Gasteiger partial charge in [-0.2, -0.15) is 5.10 Å². The Kier molecular flexibility index (Phi) is 11.5. The van der Waals surface area contributed by atoms with Crippen molar-refractivity contribution in [3.05, 3.63) is 70.8 Å². The fraction of sp³-hybridized carbons (Fsp3) is 0.571. The van der Waals surface area contributed by atoms with Gasteiger partial charge in [0.05, 0.1) is 19.2 Å². The SMILES string of the molecule is COc1ccc(C2CCC(CN(C(=O)C3CCC(C#[N+]C(=O)C4CCCCC4)CC3)c3cccc(-c4cnn(C(C)C)c4)c3)CC2)cc1C. The Morgan fingerprint density at radius 1 is 0.918 bits per heavy atom. The van der Waals surface area contributed by atoms with Crippen LogP contribution in [0.3, 0.4) is 0 Å². The van der Waals surface area contributed by atoms with Gasteiger partial charge in [-0.05, 0) is 132 Å². The van der Waals surface area contributed by atoms with Crippen molar-refractivity contribution in [3.8, 4) is 22.9 Å². The molecule has 0 N–H and O–H groups in total. The van der Waals surface area contributed by atoms with E-state index in [-0.39, 0.29) is 35.6 Å². The monoisotopic (exact) mass is 663 g/mol. The standard InChI is InChI=1S/C42H55N4O3/c1-29(2)46-28-38(26-44-46)36-11-8-12-39(24-36)45(27-32-15-17-33(18-16-32)37-21-22-40(49-4)30(3)23-37)42(48)35-19-13-31(14-20-35)25-43-41(47)34-9-6-5-7-10-34/h8,11-12,21-24,26,28-29,31-35H,5-7,9-10,13-20,27H2,1-4H3/q+1. The second-order valence-electron chi connectivity index (χ2n) is 15.2. The molecule has 0 saturated heterocycles. The Morgan fingerprint density at radius 2 is 1.67 bits per heavy atom. The van der Waals surface area contributed by atoms with E-state index in [1.807, 2.05) is 10.9 Å². The summed E-state index contributed by atoms with van der Waals surface area (Å²) in [6.45, 7) is 7.12. The van der Waals surface area contributed by atoms with Gasteiger partial charge in [-0.3, -0.25) is 9.48 Å². The number of nitrogens with zero attached hydrogens (tertiary/aromatic N) is 4. The zero-order valence-electron chi connectivity index (χ0n) is 30.1. The summed E-state index contributed by atoms with van der Waals surface area (Å²) in [6, 6.07) is 18.6. The number of hydrogen-bond donors (Lipinski definition) is 0. The summed E-state index contributed by atoms with van der Waals surface area (Å²) >= 11 is 0. The van der Waals surface area contributed by atoms with Crippen LogP contribution in [0.4, 0.5) is 5.69 Å². The predicted molar refractivity (Wildman–Crippen MR) is 197 cm³/mol. The molecule has 0 atom stereocenters. The smallest absolute Gasteiger partial charge is 0.496 e. The van der Waals surface area contributed by atoms with Crippen LogP contribution < -0.4 is 9.64 Å². The molecule has 6 rings (SSSR count). The Balaban J connectivity index is 1.15. The van der Waals surface area contributed by atoms with Crippen molar-refractivity contribution < 1.29 is 14.3 Å². The second-order valence-corrected chi connectivity index (χ2v) is 15.2. The average Bonchev–Trinajstić information content (AvgIpc) is 3.65. The lowest BCUT2D eigenvalue weighted by molar-refractivity contribution is -0.123. The molecular formula is C42H55N4O3+. The van der Waals surface area contributed by atoms with Gasteiger partial charge in [0.1, 0.15) is 11.7 Å². The first-order valence-corrected chi connectivity index (χ1v) is 18.9. The molecule has 3 saturated carbocycles. The minimum atomic E-state index is -0.0296. The summed E-state index contributed by atoms with van der Waals surface area (Å²) in [5.41, 5.74) is 5.71. The lowest BCUT2D eigenvalue weighted by Crippen LogP contribution is -2.41. The number of amides is 2. The van der Waals surface area contributed by atoms with Crippen molar-refractivity contribution in [2.45, 2.75) is 116 Å². The van der Waals surface area contributed by atoms with Gasteiger partial charge in [0.2, 0.25) is 5.91 Å². The number of methoxy groups -OCH3 is 1. The van der Waals surface area contributed by atoms with E-state index < -0.39 is 0 Å². The van der Waals surface area contributed by atoms with Gasteiger partial charge in [-0.1, -0.05) is 43.5 Å². The molecule has 2 aromatic carbocycles. The molecule has 1 aromatic heterocycles. The summed E-state index contributed by atoms with van der Waals surface area (Å²) in [4.78, 5) is 33.5. The number of aromatic nitrogens is 2.